The molecule has 0 spiro atoms. The molecule has 1 fully saturated rings. The molecule has 0 radical (unpaired) electrons. The minimum absolute atomic E-state index is 0.00163. The Balaban J connectivity index is 1.38. The van der Waals surface area contributed by atoms with Crippen LogP contribution >= 0.6 is 11.6 Å². The number of piperidine rings is 1. The number of hydrogen-bond donors (Lipinski definition) is 1. The summed E-state index contributed by atoms with van der Waals surface area (Å²) in [6.45, 7) is 1.31. The van der Waals surface area contributed by atoms with Crippen molar-refractivity contribution in [3.63, 3.8) is 0 Å². The highest BCUT2D eigenvalue weighted by Crippen LogP contribution is 2.30. The number of carbonyl (C=O) groups is 1. The maximum atomic E-state index is 13.5. The second-order valence-electron chi connectivity index (χ2n) is 6.64. The number of ether oxygens (including phenoxy) is 1. The summed E-state index contributed by atoms with van der Waals surface area (Å²) >= 11 is 5.95. The molecule has 28 heavy (non-hydrogen) atoms. The first kappa shape index (κ1) is 18.6. The lowest BCUT2D eigenvalue weighted by molar-refractivity contribution is -0.114. The third kappa shape index (κ3) is 3.79. The maximum absolute atomic E-state index is 13.5. The fraction of sp³-hybridized carbons (Fsp3) is 0.316. The Hall–Kier alpha value is -2.71. The molecule has 1 aliphatic carbocycles. The van der Waals surface area contributed by atoms with E-state index < -0.39 is 11.9 Å². The number of nitrogens with zero attached hydrogens (tertiary/aromatic N) is 3. The molecule has 146 valence electrons. The molecule has 9 heteroatoms. The third-order valence-corrected chi connectivity index (χ3v) is 5.08. The zero-order valence-electron chi connectivity index (χ0n) is 14.8. The van der Waals surface area contributed by atoms with Gasteiger partial charge in [-0.2, -0.15) is 4.98 Å². The van der Waals surface area contributed by atoms with Crippen molar-refractivity contribution in [3.05, 3.63) is 53.2 Å². The minimum Gasteiger partial charge on any atom is -0.489 e. The van der Waals surface area contributed by atoms with Gasteiger partial charge in [0.25, 0.3) is 11.8 Å². The number of hydrogen-bond acceptors (Lipinski definition) is 7. The first-order chi connectivity index (χ1) is 13.5. The molecule has 1 atom stereocenters. The van der Waals surface area contributed by atoms with Crippen LogP contribution in [0.3, 0.4) is 0 Å². The van der Waals surface area contributed by atoms with Crippen molar-refractivity contribution in [2.75, 3.05) is 18.0 Å². The molecular formula is C19H18ClFN4O3. The lowest BCUT2D eigenvalue weighted by Crippen LogP contribution is -2.38. The quantitative estimate of drug-likeness (QED) is 0.837. The van der Waals surface area contributed by atoms with E-state index in [4.69, 9.17) is 26.6 Å². The predicted molar refractivity (Wildman–Crippen MR) is 102 cm³/mol. The summed E-state index contributed by atoms with van der Waals surface area (Å²) in [6, 6.07) is 3.83. The van der Waals surface area contributed by atoms with Gasteiger partial charge in [-0.25, -0.2) is 4.39 Å². The number of rotatable bonds is 4. The van der Waals surface area contributed by atoms with E-state index in [1.165, 1.54) is 12.1 Å². The molecule has 2 N–H and O–H groups in total. The van der Waals surface area contributed by atoms with Gasteiger partial charge in [-0.05, 0) is 35.5 Å². The van der Waals surface area contributed by atoms with Gasteiger partial charge in [-0.3, -0.25) is 4.79 Å². The highest BCUT2D eigenvalue weighted by molar-refractivity contribution is 6.32. The number of aromatic nitrogens is 2. The largest absolute Gasteiger partial charge is 0.489 e. The standard InChI is InChI=1S/C19H18ClFN4O3/c20-17-13(21)2-1-3-16(17)27-12-6-8-25(9-7-12)19-23-18(28-24-19)11-4-5-15(26)14(22)10-11/h1-5,10,12,14H,6-9,22H2. The van der Waals surface area contributed by atoms with Crippen molar-refractivity contribution in [1.82, 2.24) is 10.1 Å². The molecule has 2 aromatic rings. The second-order valence-corrected chi connectivity index (χ2v) is 7.02. The van der Waals surface area contributed by atoms with Crippen LogP contribution in [0.4, 0.5) is 10.3 Å². The lowest BCUT2D eigenvalue weighted by Gasteiger charge is -2.31. The van der Waals surface area contributed by atoms with Crippen LogP contribution in [-0.2, 0) is 4.79 Å². The summed E-state index contributed by atoms with van der Waals surface area (Å²) in [5.41, 5.74) is 6.36. The number of carbonyl (C=O) groups excluding carboxylic acids is 1. The molecular weight excluding hydrogens is 387 g/mol. The number of allylic oxidation sites excluding steroid dienone is 2. The monoisotopic (exact) mass is 404 g/mol. The van der Waals surface area contributed by atoms with Crippen molar-refractivity contribution in [2.24, 2.45) is 5.73 Å². The number of anilines is 1. The van der Waals surface area contributed by atoms with Gasteiger partial charge in [0.05, 0.1) is 6.04 Å². The summed E-state index contributed by atoms with van der Waals surface area (Å²) in [7, 11) is 0. The first-order valence-corrected chi connectivity index (χ1v) is 9.28. The van der Waals surface area contributed by atoms with E-state index in [0.29, 0.717) is 49.1 Å². The molecule has 1 aliphatic heterocycles. The Labute approximate surface area is 165 Å². The molecule has 1 aromatic carbocycles. The van der Waals surface area contributed by atoms with Crippen molar-refractivity contribution in [1.29, 1.82) is 0 Å². The molecule has 2 aliphatic rings. The van der Waals surface area contributed by atoms with E-state index in [0.717, 1.165) is 0 Å². The molecule has 7 nitrogen and oxygen atoms in total. The highest BCUT2D eigenvalue weighted by atomic mass is 35.5. The molecule has 4 rings (SSSR count). The molecule has 2 heterocycles. The van der Waals surface area contributed by atoms with Crippen molar-refractivity contribution >= 4 is 28.9 Å². The Bertz CT molecular complexity index is 950. The summed E-state index contributed by atoms with van der Waals surface area (Å²) in [6.07, 6.45) is 5.96. The molecule has 1 saturated heterocycles. The van der Waals surface area contributed by atoms with Gasteiger partial charge in [0.15, 0.2) is 5.78 Å². The van der Waals surface area contributed by atoms with Crippen LogP contribution in [0.15, 0.2) is 41.0 Å². The molecule has 1 unspecified atom stereocenters. The van der Waals surface area contributed by atoms with Crippen molar-refractivity contribution in [2.45, 2.75) is 25.0 Å². The van der Waals surface area contributed by atoms with Crippen molar-refractivity contribution in [3.8, 4) is 5.75 Å². The van der Waals surface area contributed by atoms with Gasteiger partial charge in [0, 0.05) is 31.5 Å². The maximum Gasteiger partial charge on any atom is 0.266 e. The van der Waals surface area contributed by atoms with E-state index in [2.05, 4.69) is 10.1 Å². The first-order valence-electron chi connectivity index (χ1n) is 8.90. The van der Waals surface area contributed by atoms with Gasteiger partial charge < -0.3 is 19.9 Å². The van der Waals surface area contributed by atoms with Crippen LogP contribution < -0.4 is 15.4 Å². The van der Waals surface area contributed by atoms with Crippen LogP contribution in [0.25, 0.3) is 5.57 Å². The van der Waals surface area contributed by atoms with Gasteiger partial charge in [-0.1, -0.05) is 17.7 Å². The van der Waals surface area contributed by atoms with Gasteiger partial charge in [-0.15, -0.1) is 0 Å². The Morgan fingerprint density at radius 3 is 2.82 bits per heavy atom. The minimum atomic E-state index is -0.696. The number of nitrogens with two attached hydrogens (primary N) is 1. The molecule has 0 amide bonds. The van der Waals surface area contributed by atoms with Gasteiger partial charge in [0.1, 0.15) is 22.7 Å². The number of benzene rings is 1. The predicted octanol–water partition coefficient (Wildman–Crippen LogP) is 2.76. The van der Waals surface area contributed by atoms with Crippen LogP contribution in [0, 0.1) is 5.82 Å². The van der Waals surface area contributed by atoms with Crippen LogP contribution in [-0.4, -0.2) is 41.2 Å². The fourth-order valence-electron chi connectivity index (χ4n) is 3.15. The smallest absolute Gasteiger partial charge is 0.266 e. The Kier molecular flexibility index (Phi) is 5.15. The third-order valence-electron chi connectivity index (χ3n) is 4.71. The zero-order chi connectivity index (χ0) is 19.7. The van der Waals surface area contributed by atoms with Gasteiger partial charge >= 0.3 is 0 Å². The van der Waals surface area contributed by atoms with Crippen LogP contribution in [0.1, 0.15) is 18.7 Å². The second kappa shape index (κ2) is 7.73. The van der Waals surface area contributed by atoms with E-state index >= 15 is 0 Å². The number of ketones is 1. The Morgan fingerprint density at radius 1 is 1.29 bits per heavy atom. The van der Waals surface area contributed by atoms with E-state index in [9.17, 15) is 9.18 Å². The van der Waals surface area contributed by atoms with Crippen molar-refractivity contribution < 1.29 is 18.4 Å². The molecule has 0 bridgehead atoms. The van der Waals surface area contributed by atoms with Gasteiger partial charge in [0.2, 0.25) is 0 Å². The highest BCUT2D eigenvalue weighted by Gasteiger charge is 2.26. The summed E-state index contributed by atoms with van der Waals surface area (Å²) in [4.78, 5) is 17.8. The van der Waals surface area contributed by atoms with E-state index in [1.54, 1.807) is 24.3 Å². The average Bonchev–Trinajstić information content (AvgIpc) is 3.18. The summed E-state index contributed by atoms with van der Waals surface area (Å²) in [5.74, 6) is 0.479. The summed E-state index contributed by atoms with van der Waals surface area (Å²) in [5, 5.41) is 4.02. The van der Waals surface area contributed by atoms with Crippen LogP contribution in [0.5, 0.6) is 5.75 Å². The number of halogens is 2. The lowest BCUT2D eigenvalue weighted by atomic mass is 10.0. The molecule has 1 aromatic heterocycles. The zero-order valence-corrected chi connectivity index (χ0v) is 15.6. The van der Waals surface area contributed by atoms with E-state index in [1.807, 2.05) is 4.90 Å². The fourth-order valence-corrected chi connectivity index (χ4v) is 3.32. The Morgan fingerprint density at radius 2 is 2.07 bits per heavy atom. The SMILES string of the molecule is NC1C=C(c2nc(N3CCC(Oc4cccc(F)c4Cl)CC3)no2)C=CC1=O. The summed E-state index contributed by atoms with van der Waals surface area (Å²) < 4.78 is 24.7. The average molecular weight is 405 g/mol. The van der Waals surface area contributed by atoms with E-state index in [-0.39, 0.29) is 16.9 Å². The van der Waals surface area contributed by atoms with Crippen LogP contribution in [0.2, 0.25) is 5.02 Å². The molecule has 0 saturated carbocycles. The normalized spacial score (nSPS) is 20.4. The topological polar surface area (TPSA) is 94.5 Å².